The van der Waals surface area contributed by atoms with E-state index in [0.717, 1.165) is 38.5 Å². The number of fused-ring (bicyclic) bond motifs is 5. The van der Waals surface area contributed by atoms with Gasteiger partial charge in [0.15, 0.2) is 0 Å². The number of ketones is 1. The van der Waals surface area contributed by atoms with Crippen LogP contribution in [0.3, 0.4) is 0 Å². The van der Waals surface area contributed by atoms with Crippen LogP contribution in [0.2, 0.25) is 0 Å². The Balaban J connectivity index is 1.67. The molecular weight excluding hydrogens is 316 g/mol. The van der Waals surface area contributed by atoms with Crippen molar-refractivity contribution in [3.8, 4) is 0 Å². The molecule has 0 bridgehead atoms. The Kier molecular flexibility index (Phi) is 3.97. The first-order valence-electron chi connectivity index (χ1n) is 10.2. The third kappa shape index (κ3) is 2.14. The molecule has 4 nitrogen and oxygen atoms in total. The molecule has 0 aromatic carbocycles. The highest BCUT2D eigenvalue weighted by atomic mass is 16.4. The first kappa shape index (κ1) is 17.9. The van der Waals surface area contributed by atoms with Crippen molar-refractivity contribution >= 4 is 5.78 Å². The Labute approximate surface area is 151 Å². The highest BCUT2D eigenvalue weighted by Crippen LogP contribution is 2.68. The maximum absolute atomic E-state index is 12.2. The zero-order valence-corrected chi connectivity index (χ0v) is 15.9. The van der Waals surface area contributed by atoms with Gasteiger partial charge in [0.1, 0.15) is 11.9 Å². The maximum atomic E-state index is 12.2. The topological polar surface area (TPSA) is 77.8 Å². The Hall–Kier alpha value is -0.450. The van der Waals surface area contributed by atoms with E-state index >= 15 is 0 Å². The highest BCUT2D eigenvalue weighted by molar-refractivity contribution is 5.79. The molecule has 4 fully saturated rings. The molecule has 3 unspecified atom stereocenters. The van der Waals surface area contributed by atoms with Crippen molar-refractivity contribution in [2.24, 2.45) is 34.5 Å². The number of carbonyl (C=O) groups excluding carboxylic acids is 1. The third-order valence-electron chi connectivity index (χ3n) is 9.41. The molecule has 0 aliphatic heterocycles. The van der Waals surface area contributed by atoms with Crippen LogP contribution in [0.4, 0.5) is 0 Å². The minimum Gasteiger partial charge on any atom is -0.390 e. The number of aliphatic hydroxyl groups excluding tert-OH is 2. The first-order chi connectivity index (χ1) is 11.6. The van der Waals surface area contributed by atoms with Gasteiger partial charge in [0.2, 0.25) is 0 Å². The van der Waals surface area contributed by atoms with Gasteiger partial charge in [0, 0.05) is 11.3 Å². The normalized spacial score (nSPS) is 58.2. The quantitative estimate of drug-likeness (QED) is 0.679. The van der Waals surface area contributed by atoms with Crippen molar-refractivity contribution in [3.63, 3.8) is 0 Å². The summed E-state index contributed by atoms with van der Waals surface area (Å²) < 4.78 is 0. The van der Waals surface area contributed by atoms with Crippen LogP contribution in [0.15, 0.2) is 0 Å². The van der Waals surface area contributed by atoms with E-state index in [0.29, 0.717) is 36.4 Å². The Morgan fingerprint density at radius 3 is 2.32 bits per heavy atom. The molecule has 0 amide bonds. The van der Waals surface area contributed by atoms with Gasteiger partial charge >= 0.3 is 0 Å². The average molecular weight is 350 g/mol. The summed E-state index contributed by atoms with van der Waals surface area (Å²) in [6.45, 7) is 6.23. The molecule has 0 spiro atoms. The van der Waals surface area contributed by atoms with Crippen molar-refractivity contribution < 1.29 is 20.1 Å². The van der Waals surface area contributed by atoms with Gasteiger partial charge in [0.25, 0.3) is 0 Å². The van der Waals surface area contributed by atoms with Gasteiger partial charge in [-0.3, -0.25) is 4.79 Å². The summed E-state index contributed by atoms with van der Waals surface area (Å²) in [6.07, 6.45) is 5.21. The van der Waals surface area contributed by atoms with E-state index in [4.69, 9.17) is 0 Å². The van der Waals surface area contributed by atoms with Crippen molar-refractivity contribution in [3.05, 3.63) is 0 Å². The van der Waals surface area contributed by atoms with E-state index in [1.807, 2.05) is 0 Å². The van der Waals surface area contributed by atoms with Crippen LogP contribution >= 0.6 is 0 Å². The zero-order chi connectivity index (χ0) is 18.2. The number of rotatable bonds is 1. The molecule has 4 heteroatoms. The zero-order valence-electron chi connectivity index (χ0n) is 15.9. The lowest BCUT2D eigenvalue weighted by atomic mass is 9.42. The van der Waals surface area contributed by atoms with Gasteiger partial charge in [-0.1, -0.05) is 13.8 Å². The lowest BCUT2D eigenvalue weighted by Gasteiger charge is -2.65. The maximum Gasteiger partial charge on any atom is 0.133 e. The number of Topliss-reactive ketones (excluding diaryl/α,β-unsaturated/α-hetero) is 1. The second-order valence-corrected chi connectivity index (χ2v) is 10.1. The smallest absolute Gasteiger partial charge is 0.133 e. The van der Waals surface area contributed by atoms with Crippen LogP contribution in [-0.2, 0) is 4.79 Å². The Morgan fingerprint density at radius 1 is 0.920 bits per heavy atom. The van der Waals surface area contributed by atoms with Crippen LogP contribution in [-0.4, -0.2) is 38.9 Å². The summed E-state index contributed by atoms with van der Waals surface area (Å²) in [5, 5.41) is 32.1. The average Bonchev–Trinajstić information content (AvgIpc) is 2.91. The van der Waals surface area contributed by atoms with E-state index in [2.05, 4.69) is 13.8 Å². The van der Waals surface area contributed by atoms with Crippen molar-refractivity contribution in [2.75, 3.05) is 0 Å². The van der Waals surface area contributed by atoms with E-state index in [-0.39, 0.29) is 16.7 Å². The molecule has 3 N–H and O–H groups in total. The fourth-order valence-electron chi connectivity index (χ4n) is 7.95. The fraction of sp³-hybridized carbons (Fsp3) is 0.952. The minimum atomic E-state index is -1.17. The van der Waals surface area contributed by atoms with Crippen LogP contribution in [0.1, 0.15) is 72.1 Å². The van der Waals surface area contributed by atoms with Gasteiger partial charge < -0.3 is 15.3 Å². The molecule has 0 aromatic heterocycles. The highest BCUT2D eigenvalue weighted by Gasteiger charge is 2.67. The molecule has 4 rings (SSSR count). The molecule has 25 heavy (non-hydrogen) atoms. The number of aliphatic hydroxyl groups is 3. The largest absolute Gasteiger partial charge is 0.390 e. The first-order valence-corrected chi connectivity index (χ1v) is 10.2. The van der Waals surface area contributed by atoms with Crippen molar-refractivity contribution in [1.29, 1.82) is 0 Å². The SMILES string of the molecule is CC(=O)[C@H]1CC[C@H]2[C@@H]3CCC4(O)C(O)C(O)CC[C@]4(C)[C@H]3CC[C@]12C. The van der Waals surface area contributed by atoms with Crippen LogP contribution < -0.4 is 0 Å². The number of carbonyl (C=O) groups is 1. The molecule has 4 aliphatic carbocycles. The summed E-state index contributed by atoms with van der Waals surface area (Å²) in [7, 11) is 0. The molecule has 4 saturated carbocycles. The molecule has 142 valence electrons. The standard InChI is InChI=1S/C21H34O4/c1-12(22)14-4-5-15-13-6-11-21(25)18(24)17(23)8-10-20(21,3)16(13)7-9-19(14,15)2/h13-18,23-25H,4-11H2,1-3H3/t13-,14+,15-,16-,17?,18?,19+,20+,21?/m0/s1. The van der Waals surface area contributed by atoms with E-state index in [1.165, 1.54) is 0 Å². The Morgan fingerprint density at radius 2 is 1.64 bits per heavy atom. The summed E-state index contributed by atoms with van der Waals surface area (Å²) >= 11 is 0. The monoisotopic (exact) mass is 350 g/mol. The molecule has 4 aliphatic rings. The molecule has 0 saturated heterocycles. The summed E-state index contributed by atoms with van der Waals surface area (Å²) in [6, 6.07) is 0. The van der Waals surface area contributed by atoms with E-state index in [9.17, 15) is 20.1 Å². The minimum absolute atomic E-state index is 0.117. The summed E-state index contributed by atoms with van der Waals surface area (Å²) in [4.78, 5) is 12.2. The predicted octanol–water partition coefficient (Wildman–Crippen LogP) is 2.68. The third-order valence-corrected chi connectivity index (χ3v) is 9.41. The van der Waals surface area contributed by atoms with E-state index in [1.54, 1.807) is 6.92 Å². The fourth-order valence-corrected chi connectivity index (χ4v) is 7.95. The van der Waals surface area contributed by atoms with Gasteiger partial charge in [0.05, 0.1) is 11.7 Å². The summed E-state index contributed by atoms with van der Waals surface area (Å²) in [5.41, 5.74) is -1.38. The van der Waals surface area contributed by atoms with Gasteiger partial charge in [-0.25, -0.2) is 0 Å². The molecule has 9 atom stereocenters. The Bertz CT molecular complexity index is 576. The molecule has 0 radical (unpaired) electrons. The van der Waals surface area contributed by atoms with Gasteiger partial charge in [-0.2, -0.15) is 0 Å². The second kappa shape index (κ2) is 5.53. The lowest BCUT2D eigenvalue weighted by Crippen LogP contribution is -2.69. The predicted molar refractivity (Wildman–Crippen MR) is 94.8 cm³/mol. The number of hydrogen-bond acceptors (Lipinski definition) is 4. The molecule has 0 aromatic rings. The van der Waals surface area contributed by atoms with Gasteiger partial charge in [-0.05, 0) is 81.5 Å². The van der Waals surface area contributed by atoms with E-state index < -0.39 is 17.8 Å². The van der Waals surface area contributed by atoms with Crippen LogP contribution in [0.25, 0.3) is 0 Å². The van der Waals surface area contributed by atoms with Crippen LogP contribution in [0.5, 0.6) is 0 Å². The molecule has 0 heterocycles. The lowest BCUT2D eigenvalue weighted by molar-refractivity contribution is -0.267. The molecular formula is C21H34O4. The van der Waals surface area contributed by atoms with Gasteiger partial charge in [-0.15, -0.1) is 0 Å². The second-order valence-electron chi connectivity index (χ2n) is 10.1. The summed E-state index contributed by atoms with van der Waals surface area (Å²) in [5.74, 6) is 2.03. The van der Waals surface area contributed by atoms with Crippen molar-refractivity contribution in [2.45, 2.75) is 89.9 Å². The van der Waals surface area contributed by atoms with Crippen molar-refractivity contribution in [1.82, 2.24) is 0 Å². The number of hydrogen-bond donors (Lipinski definition) is 3. The van der Waals surface area contributed by atoms with Crippen LogP contribution in [0, 0.1) is 34.5 Å².